The molecule has 0 fully saturated rings. The van der Waals surface area contributed by atoms with Gasteiger partial charge in [0.1, 0.15) is 11.3 Å². The van der Waals surface area contributed by atoms with Gasteiger partial charge in [0, 0.05) is 17.5 Å². The monoisotopic (exact) mass is 325 g/mol. The van der Waals surface area contributed by atoms with Crippen LogP contribution in [0.5, 0.6) is 5.75 Å². The smallest absolute Gasteiger partial charge is 0.336 e. The number of aromatic nitrogens is 2. The molecule has 0 aliphatic carbocycles. The summed E-state index contributed by atoms with van der Waals surface area (Å²) in [5, 5.41) is 11.1. The van der Waals surface area contributed by atoms with Crippen LogP contribution in [0.2, 0.25) is 0 Å². The molecule has 1 atom stereocenters. The minimum Gasteiger partial charge on any atom is -0.481 e. The van der Waals surface area contributed by atoms with Gasteiger partial charge in [-0.3, -0.25) is 4.79 Å². The van der Waals surface area contributed by atoms with Crippen LogP contribution in [0.3, 0.4) is 0 Å². The zero-order chi connectivity index (χ0) is 17.1. The first-order valence-corrected chi connectivity index (χ1v) is 7.33. The van der Waals surface area contributed by atoms with Crippen LogP contribution in [-0.4, -0.2) is 22.2 Å². The third-order valence-electron chi connectivity index (χ3n) is 3.33. The van der Waals surface area contributed by atoms with Crippen LogP contribution in [0.25, 0.3) is 11.0 Å². The molecule has 122 valence electrons. The molecule has 0 aliphatic heterocycles. The van der Waals surface area contributed by atoms with Crippen molar-refractivity contribution in [2.45, 2.75) is 20.0 Å². The average Bonchev–Trinajstić information content (AvgIpc) is 2.56. The number of ether oxygens (including phenoxy) is 1. The number of carbonyl (C=O) groups excluding carboxylic acids is 1. The van der Waals surface area contributed by atoms with Crippen LogP contribution >= 0.6 is 0 Å². The predicted molar refractivity (Wildman–Crippen MR) is 88.0 cm³/mol. The summed E-state index contributed by atoms with van der Waals surface area (Å²) in [6, 6.07) is 11.5. The summed E-state index contributed by atoms with van der Waals surface area (Å²) in [6.45, 7) is 3.42. The number of rotatable bonds is 4. The van der Waals surface area contributed by atoms with E-state index in [0.29, 0.717) is 17.2 Å². The number of carbonyl (C=O) groups is 1. The van der Waals surface area contributed by atoms with Crippen LogP contribution in [0.4, 0.5) is 5.82 Å². The lowest BCUT2D eigenvalue weighted by molar-refractivity contribution is -0.122. The highest BCUT2D eigenvalue weighted by atomic mass is 16.5. The van der Waals surface area contributed by atoms with Crippen LogP contribution in [0, 0.1) is 6.92 Å². The molecule has 0 radical (unpaired) electrons. The highest BCUT2D eigenvalue weighted by Crippen LogP contribution is 2.20. The highest BCUT2D eigenvalue weighted by Gasteiger charge is 2.16. The van der Waals surface area contributed by atoms with E-state index < -0.39 is 11.7 Å². The summed E-state index contributed by atoms with van der Waals surface area (Å²) in [5.41, 5.74) is 0.718. The fraction of sp³-hybridized carbons (Fsp3) is 0.176. The Morgan fingerprint density at radius 1 is 1.17 bits per heavy atom. The summed E-state index contributed by atoms with van der Waals surface area (Å²) >= 11 is 0. The van der Waals surface area contributed by atoms with Gasteiger partial charge in [0.15, 0.2) is 11.9 Å². The molecule has 7 nitrogen and oxygen atoms in total. The Balaban J connectivity index is 1.71. The van der Waals surface area contributed by atoms with Gasteiger partial charge in [-0.2, -0.15) is 5.10 Å². The average molecular weight is 325 g/mol. The van der Waals surface area contributed by atoms with E-state index in [2.05, 4.69) is 15.5 Å². The molecule has 3 aromatic rings. The van der Waals surface area contributed by atoms with E-state index >= 15 is 0 Å². The van der Waals surface area contributed by atoms with Gasteiger partial charge >= 0.3 is 5.63 Å². The molecular formula is C17H15N3O4. The van der Waals surface area contributed by atoms with Crippen molar-refractivity contribution in [1.29, 1.82) is 0 Å². The van der Waals surface area contributed by atoms with Gasteiger partial charge in [-0.25, -0.2) is 4.79 Å². The van der Waals surface area contributed by atoms with Gasteiger partial charge < -0.3 is 14.5 Å². The second-order valence-electron chi connectivity index (χ2n) is 5.26. The van der Waals surface area contributed by atoms with Crippen LogP contribution in [-0.2, 0) is 4.79 Å². The number of nitrogens with one attached hydrogen (secondary N) is 1. The van der Waals surface area contributed by atoms with Crippen molar-refractivity contribution < 1.29 is 13.9 Å². The minimum absolute atomic E-state index is 0.352. The third-order valence-corrected chi connectivity index (χ3v) is 3.33. The zero-order valence-corrected chi connectivity index (χ0v) is 13.1. The van der Waals surface area contributed by atoms with Crippen molar-refractivity contribution in [3.63, 3.8) is 0 Å². The van der Waals surface area contributed by atoms with Gasteiger partial charge in [0.25, 0.3) is 5.91 Å². The van der Waals surface area contributed by atoms with Gasteiger partial charge in [-0.15, -0.1) is 5.10 Å². The lowest BCUT2D eigenvalue weighted by Crippen LogP contribution is -2.30. The molecule has 1 aromatic carbocycles. The second-order valence-corrected chi connectivity index (χ2v) is 5.26. The summed E-state index contributed by atoms with van der Waals surface area (Å²) < 4.78 is 10.7. The summed E-state index contributed by atoms with van der Waals surface area (Å²) in [6.07, 6.45) is -0.763. The highest BCUT2D eigenvalue weighted by molar-refractivity contribution is 5.93. The molecule has 0 aliphatic rings. The van der Waals surface area contributed by atoms with E-state index in [4.69, 9.17) is 9.15 Å². The Morgan fingerprint density at radius 3 is 2.71 bits per heavy atom. The maximum atomic E-state index is 12.1. The second kappa shape index (κ2) is 6.49. The van der Waals surface area contributed by atoms with E-state index in [1.165, 1.54) is 6.07 Å². The van der Waals surface area contributed by atoms with Crippen LogP contribution < -0.4 is 15.7 Å². The van der Waals surface area contributed by atoms with E-state index in [1.807, 2.05) is 6.92 Å². The Morgan fingerprint density at radius 2 is 1.96 bits per heavy atom. The van der Waals surface area contributed by atoms with Gasteiger partial charge in [-0.05, 0) is 44.2 Å². The molecule has 0 saturated heterocycles. The molecule has 7 heteroatoms. The predicted octanol–water partition coefficient (Wildman–Crippen LogP) is 2.30. The molecule has 0 spiro atoms. The van der Waals surface area contributed by atoms with Gasteiger partial charge in [0.2, 0.25) is 0 Å². The number of fused-ring (bicyclic) bond motifs is 1. The standard InChI is InChI=1S/C17H15N3O4/c1-10-3-7-15(20-19-10)18-17(22)11(2)23-13-6-4-12-5-8-16(21)24-14(12)9-13/h3-9,11H,1-2H3,(H,18,20,22). The summed E-state index contributed by atoms with van der Waals surface area (Å²) in [7, 11) is 0. The topological polar surface area (TPSA) is 94.3 Å². The Bertz CT molecular complexity index is 934. The SMILES string of the molecule is Cc1ccc(NC(=O)C(C)Oc2ccc3ccc(=O)oc3c2)nn1. The maximum absolute atomic E-state index is 12.1. The molecule has 1 unspecified atom stereocenters. The number of anilines is 1. The van der Waals surface area contributed by atoms with E-state index in [9.17, 15) is 9.59 Å². The summed E-state index contributed by atoms with van der Waals surface area (Å²) in [5.74, 6) is 0.419. The van der Waals surface area contributed by atoms with Crippen molar-refractivity contribution in [3.05, 3.63) is 58.6 Å². The Labute approximate surface area is 137 Å². The van der Waals surface area contributed by atoms with Crippen molar-refractivity contribution in [2.24, 2.45) is 0 Å². The molecule has 1 N–H and O–H groups in total. The third kappa shape index (κ3) is 3.57. The quantitative estimate of drug-likeness (QED) is 0.740. The number of benzene rings is 1. The van der Waals surface area contributed by atoms with E-state index in [1.54, 1.807) is 43.3 Å². The summed E-state index contributed by atoms with van der Waals surface area (Å²) in [4.78, 5) is 23.4. The van der Waals surface area contributed by atoms with Gasteiger partial charge in [-0.1, -0.05) is 0 Å². The maximum Gasteiger partial charge on any atom is 0.336 e. The van der Waals surface area contributed by atoms with Crippen molar-refractivity contribution in [1.82, 2.24) is 10.2 Å². The lowest BCUT2D eigenvalue weighted by Gasteiger charge is -2.14. The fourth-order valence-electron chi connectivity index (χ4n) is 2.07. The first-order chi connectivity index (χ1) is 11.5. The van der Waals surface area contributed by atoms with Gasteiger partial charge in [0.05, 0.1) is 5.69 Å². The van der Waals surface area contributed by atoms with E-state index in [0.717, 1.165) is 11.1 Å². The van der Waals surface area contributed by atoms with Crippen molar-refractivity contribution >= 4 is 22.7 Å². The molecule has 2 heterocycles. The number of hydrogen-bond acceptors (Lipinski definition) is 6. The Kier molecular flexibility index (Phi) is 4.24. The fourth-order valence-corrected chi connectivity index (χ4v) is 2.07. The van der Waals surface area contributed by atoms with Crippen molar-refractivity contribution in [2.75, 3.05) is 5.32 Å². The van der Waals surface area contributed by atoms with E-state index in [-0.39, 0.29) is 5.91 Å². The minimum atomic E-state index is -0.763. The Hall–Kier alpha value is -3.22. The number of hydrogen-bond donors (Lipinski definition) is 1. The van der Waals surface area contributed by atoms with Crippen molar-refractivity contribution in [3.8, 4) is 5.75 Å². The molecule has 3 rings (SSSR count). The molecule has 24 heavy (non-hydrogen) atoms. The largest absolute Gasteiger partial charge is 0.481 e. The molecule has 0 bridgehead atoms. The number of aryl methyl sites for hydroxylation is 1. The van der Waals surface area contributed by atoms with Crippen LogP contribution in [0.15, 0.2) is 51.7 Å². The normalized spacial score (nSPS) is 11.9. The first kappa shape index (κ1) is 15.7. The zero-order valence-electron chi connectivity index (χ0n) is 13.1. The lowest BCUT2D eigenvalue weighted by atomic mass is 10.2. The number of nitrogens with zero attached hydrogens (tertiary/aromatic N) is 2. The number of amides is 1. The molecule has 2 aromatic heterocycles. The first-order valence-electron chi connectivity index (χ1n) is 7.33. The van der Waals surface area contributed by atoms with Crippen LogP contribution in [0.1, 0.15) is 12.6 Å². The molecule has 1 amide bonds. The molecular weight excluding hydrogens is 310 g/mol. The molecule has 0 saturated carbocycles.